The van der Waals surface area contributed by atoms with E-state index in [-0.39, 0.29) is 29.2 Å². The first-order valence-electron chi connectivity index (χ1n) is 6.81. The van der Waals surface area contributed by atoms with Crippen LogP contribution in [0.15, 0.2) is 22.8 Å². The highest BCUT2D eigenvalue weighted by Gasteiger charge is 2.52. The van der Waals surface area contributed by atoms with Gasteiger partial charge in [-0.05, 0) is 25.8 Å². The molecule has 0 saturated carbocycles. The maximum atomic E-state index is 12.1. The Morgan fingerprint density at radius 3 is 2.75 bits per heavy atom. The zero-order chi connectivity index (χ0) is 14.6. The van der Waals surface area contributed by atoms with E-state index >= 15 is 0 Å². The third-order valence-corrected chi connectivity index (χ3v) is 4.77. The fourth-order valence-electron chi connectivity index (χ4n) is 3.66. The first-order chi connectivity index (χ1) is 9.41. The Bertz CT molecular complexity index is 583. The SMILES string of the molecule is CC1=C2C(=O)C=C(C(=O)O)C2C2OC(=O)C(C)C2CC1. The van der Waals surface area contributed by atoms with Crippen molar-refractivity contribution >= 4 is 17.7 Å². The van der Waals surface area contributed by atoms with E-state index in [0.29, 0.717) is 12.0 Å². The Morgan fingerprint density at radius 2 is 2.10 bits per heavy atom. The fourth-order valence-corrected chi connectivity index (χ4v) is 3.66. The van der Waals surface area contributed by atoms with Crippen LogP contribution in [-0.4, -0.2) is 28.9 Å². The van der Waals surface area contributed by atoms with Gasteiger partial charge in [0, 0.05) is 11.5 Å². The Kier molecular flexibility index (Phi) is 2.81. The third-order valence-electron chi connectivity index (χ3n) is 4.77. The van der Waals surface area contributed by atoms with Crippen molar-refractivity contribution in [2.45, 2.75) is 32.8 Å². The summed E-state index contributed by atoms with van der Waals surface area (Å²) < 4.78 is 5.42. The second-order valence-corrected chi connectivity index (χ2v) is 5.83. The molecule has 1 heterocycles. The van der Waals surface area contributed by atoms with Crippen molar-refractivity contribution in [2.75, 3.05) is 0 Å². The normalized spacial score (nSPS) is 36.2. The van der Waals surface area contributed by atoms with Crippen molar-refractivity contribution in [1.29, 1.82) is 0 Å². The van der Waals surface area contributed by atoms with E-state index in [2.05, 4.69) is 0 Å². The Balaban J connectivity index is 2.11. The van der Waals surface area contributed by atoms with Gasteiger partial charge in [0.2, 0.25) is 0 Å². The minimum atomic E-state index is -1.11. The molecule has 0 aromatic carbocycles. The van der Waals surface area contributed by atoms with Crippen LogP contribution in [0.4, 0.5) is 0 Å². The molecule has 106 valence electrons. The van der Waals surface area contributed by atoms with E-state index in [1.165, 1.54) is 6.08 Å². The topological polar surface area (TPSA) is 80.7 Å². The maximum absolute atomic E-state index is 12.1. The van der Waals surface area contributed by atoms with Crippen molar-refractivity contribution in [3.8, 4) is 0 Å². The Labute approximate surface area is 116 Å². The van der Waals surface area contributed by atoms with Crippen LogP contribution < -0.4 is 0 Å². The lowest BCUT2D eigenvalue weighted by Gasteiger charge is -2.24. The van der Waals surface area contributed by atoms with Gasteiger partial charge in [0.05, 0.1) is 17.4 Å². The van der Waals surface area contributed by atoms with Gasteiger partial charge < -0.3 is 9.84 Å². The number of aliphatic carboxylic acids is 1. The van der Waals surface area contributed by atoms with Crippen molar-refractivity contribution in [3.05, 3.63) is 22.8 Å². The van der Waals surface area contributed by atoms with Crippen LogP contribution >= 0.6 is 0 Å². The summed E-state index contributed by atoms with van der Waals surface area (Å²) in [6.45, 7) is 3.68. The summed E-state index contributed by atoms with van der Waals surface area (Å²) in [7, 11) is 0. The van der Waals surface area contributed by atoms with E-state index in [1.807, 2.05) is 13.8 Å². The number of hydrogen-bond acceptors (Lipinski definition) is 4. The molecule has 3 aliphatic rings. The van der Waals surface area contributed by atoms with Crippen molar-refractivity contribution in [1.82, 2.24) is 0 Å². The molecular weight excluding hydrogens is 260 g/mol. The highest BCUT2D eigenvalue weighted by molar-refractivity contribution is 6.14. The van der Waals surface area contributed by atoms with Crippen LogP contribution in [0.5, 0.6) is 0 Å². The summed E-state index contributed by atoms with van der Waals surface area (Å²) in [6, 6.07) is 0. The molecule has 1 aliphatic heterocycles. The average molecular weight is 276 g/mol. The van der Waals surface area contributed by atoms with Gasteiger partial charge in [0.25, 0.3) is 0 Å². The van der Waals surface area contributed by atoms with E-state index < -0.39 is 18.0 Å². The largest absolute Gasteiger partial charge is 0.478 e. The first kappa shape index (κ1) is 13.1. The zero-order valence-corrected chi connectivity index (χ0v) is 11.4. The second kappa shape index (κ2) is 4.30. The summed E-state index contributed by atoms with van der Waals surface area (Å²) in [5.74, 6) is -2.50. The van der Waals surface area contributed by atoms with Gasteiger partial charge in [-0.15, -0.1) is 0 Å². The molecule has 2 aliphatic carbocycles. The monoisotopic (exact) mass is 276 g/mol. The predicted molar refractivity (Wildman–Crippen MR) is 68.7 cm³/mol. The highest BCUT2D eigenvalue weighted by atomic mass is 16.6. The van der Waals surface area contributed by atoms with Gasteiger partial charge in [-0.25, -0.2) is 4.79 Å². The third kappa shape index (κ3) is 1.65. The van der Waals surface area contributed by atoms with E-state index in [0.717, 1.165) is 12.0 Å². The van der Waals surface area contributed by atoms with Crippen LogP contribution in [0.25, 0.3) is 0 Å². The predicted octanol–water partition coefficient (Wildman–Crippen LogP) is 1.48. The van der Waals surface area contributed by atoms with E-state index in [4.69, 9.17) is 4.74 Å². The molecule has 0 radical (unpaired) electrons. The van der Waals surface area contributed by atoms with Crippen molar-refractivity contribution < 1.29 is 24.2 Å². The van der Waals surface area contributed by atoms with E-state index in [9.17, 15) is 19.5 Å². The molecule has 0 bridgehead atoms. The molecule has 20 heavy (non-hydrogen) atoms. The van der Waals surface area contributed by atoms with Gasteiger partial charge in [0.1, 0.15) is 6.10 Å². The number of allylic oxidation sites excluding steroid dienone is 2. The number of ketones is 1. The number of carbonyl (C=O) groups is 3. The average Bonchev–Trinajstić information content (AvgIpc) is 2.81. The summed E-state index contributed by atoms with van der Waals surface area (Å²) in [6.07, 6.45) is 2.13. The second-order valence-electron chi connectivity index (χ2n) is 5.83. The number of hydrogen-bond donors (Lipinski definition) is 1. The maximum Gasteiger partial charge on any atom is 0.332 e. The standard InChI is InChI=1S/C15H16O5/c1-6-3-4-8-7(2)15(19)20-13(8)12-9(14(17)18)5-10(16)11(6)12/h5,7-8,12-13H,3-4H2,1-2H3,(H,17,18). The molecule has 4 unspecified atom stereocenters. The van der Waals surface area contributed by atoms with Gasteiger partial charge in [-0.2, -0.15) is 0 Å². The Hall–Kier alpha value is -1.91. The fraction of sp³-hybridized carbons (Fsp3) is 0.533. The molecule has 4 atom stereocenters. The van der Waals surface area contributed by atoms with Crippen LogP contribution in [-0.2, 0) is 19.1 Å². The number of esters is 1. The lowest BCUT2D eigenvalue weighted by Crippen LogP contribution is -2.30. The number of carboxylic acid groups (broad SMARTS) is 1. The van der Waals surface area contributed by atoms with Crippen LogP contribution in [0.1, 0.15) is 26.7 Å². The lowest BCUT2D eigenvalue weighted by molar-refractivity contribution is -0.145. The minimum absolute atomic E-state index is 0.0198. The number of rotatable bonds is 1. The molecular formula is C15H16O5. The smallest absolute Gasteiger partial charge is 0.332 e. The summed E-state index contributed by atoms with van der Waals surface area (Å²) >= 11 is 0. The molecule has 1 fully saturated rings. The quantitative estimate of drug-likeness (QED) is 0.734. The molecule has 0 aromatic heterocycles. The molecule has 3 rings (SSSR count). The minimum Gasteiger partial charge on any atom is -0.478 e. The number of carbonyl (C=O) groups excluding carboxylic acids is 2. The van der Waals surface area contributed by atoms with Crippen LogP contribution in [0.3, 0.4) is 0 Å². The molecule has 5 nitrogen and oxygen atoms in total. The number of fused-ring (bicyclic) bond motifs is 3. The lowest BCUT2D eigenvalue weighted by atomic mass is 9.80. The Morgan fingerprint density at radius 1 is 1.40 bits per heavy atom. The van der Waals surface area contributed by atoms with E-state index in [1.54, 1.807) is 0 Å². The van der Waals surface area contributed by atoms with Gasteiger partial charge >= 0.3 is 11.9 Å². The van der Waals surface area contributed by atoms with Crippen LogP contribution in [0, 0.1) is 17.8 Å². The molecule has 1 saturated heterocycles. The van der Waals surface area contributed by atoms with Crippen molar-refractivity contribution in [2.24, 2.45) is 17.8 Å². The van der Waals surface area contributed by atoms with Gasteiger partial charge in [-0.1, -0.05) is 12.5 Å². The summed E-state index contributed by atoms with van der Waals surface area (Å²) in [4.78, 5) is 35.3. The van der Waals surface area contributed by atoms with Gasteiger partial charge in [0.15, 0.2) is 5.78 Å². The number of ether oxygens (including phenoxy) is 1. The molecule has 0 aromatic rings. The molecule has 0 amide bonds. The molecule has 5 heteroatoms. The number of carboxylic acids is 1. The zero-order valence-electron chi connectivity index (χ0n) is 11.4. The van der Waals surface area contributed by atoms with Gasteiger partial charge in [-0.3, -0.25) is 9.59 Å². The van der Waals surface area contributed by atoms with Crippen molar-refractivity contribution in [3.63, 3.8) is 0 Å². The van der Waals surface area contributed by atoms with Crippen LogP contribution in [0.2, 0.25) is 0 Å². The molecule has 0 spiro atoms. The first-order valence-corrected chi connectivity index (χ1v) is 6.81. The summed E-state index contributed by atoms with van der Waals surface area (Å²) in [5, 5.41) is 9.32. The highest BCUT2D eigenvalue weighted by Crippen LogP contribution is 2.47. The summed E-state index contributed by atoms with van der Waals surface area (Å²) in [5.41, 5.74) is 1.50. The molecule has 1 N–H and O–H groups in total.